The lowest BCUT2D eigenvalue weighted by atomic mass is 9.81. The number of aliphatic hydroxyl groups is 1. The average Bonchev–Trinajstić information content (AvgIpc) is 3.15. The average molecular weight is 338 g/mol. The van der Waals surface area contributed by atoms with E-state index in [0.29, 0.717) is 24.6 Å². The summed E-state index contributed by atoms with van der Waals surface area (Å²) in [7, 11) is 0. The molecule has 136 valence electrons. The molecule has 0 aliphatic carbocycles. The van der Waals surface area contributed by atoms with Crippen molar-refractivity contribution in [3.63, 3.8) is 0 Å². The SMILES string of the molecule is C[C@H](C[C@H](O)c1ccco1)NC(=O)NC[C@@H]1CCO[C@H]1C(C)(C)C. The van der Waals surface area contributed by atoms with E-state index in [2.05, 4.69) is 31.4 Å². The molecule has 0 spiro atoms. The largest absolute Gasteiger partial charge is 0.467 e. The van der Waals surface area contributed by atoms with Gasteiger partial charge in [0.15, 0.2) is 0 Å². The van der Waals surface area contributed by atoms with E-state index in [1.54, 1.807) is 12.1 Å². The second-order valence-corrected chi connectivity index (χ2v) is 7.73. The van der Waals surface area contributed by atoms with Crippen LogP contribution in [0.2, 0.25) is 0 Å². The van der Waals surface area contributed by atoms with Gasteiger partial charge in [0.2, 0.25) is 0 Å². The van der Waals surface area contributed by atoms with E-state index >= 15 is 0 Å². The van der Waals surface area contributed by atoms with Gasteiger partial charge in [0.05, 0.1) is 12.4 Å². The van der Waals surface area contributed by atoms with Crippen LogP contribution in [0.15, 0.2) is 22.8 Å². The van der Waals surface area contributed by atoms with Crippen molar-refractivity contribution in [1.82, 2.24) is 10.6 Å². The molecule has 1 aromatic heterocycles. The molecule has 1 fully saturated rings. The Morgan fingerprint density at radius 2 is 2.21 bits per heavy atom. The number of hydrogen-bond donors (Lipinski definition) is 3. The number of hydrogen-bond acceptors (Lipinski definition) is 4. The normalized spacial score (nSPS) is 23.7. The van der Waals surface area contributed by atoms with Crippen molar-refractivity contribution in [1.29, 1.82) is 0 Å². The van der Waals surface area contributed by atoms with Crippen LogP contribution in [0, 0.1) is 11.3 Å². The van der Waals surface area contributed by atoms with Crippen molar-refractivity contribution in [3.8, 4) is 0 Å². The zero-order valence-corrected chi connectivity index (χ0v) is 15.0. The van der Waals surface area contributed by atoms with Crippen LogP contribution in [-0.2, 0) is 4.74 Å². The van der Waals surface area contributed by atoms with Crippen molar-refractivity contribution in [2.75, 3.05) is 13.2 Å². The maximum atomic E-state index is 12.1. The summed E-state index contributed by atoms with van der Waals surface area (Å²) in [6.45, 7) is 9.70. The second kappa shape index (κ2) is 8.03. The van der Waals surface area contributed by atoms with Gasteiger partial charge < -0.3 is 24.9 Å². The fourth-order valence-corrected chi connectivity index (χ4v) is 3.29. The minimum absolute atomic E-state index is 0.0692. The molecule has 2 amide bonds. The standard InChI is InChI=1S/C18H30N2O4/c1-12(10-14(21)15-6-5-8-23-15)20-17(22)19-11-13-7-9-24-16(13)18(2,3)4/h5-6,8,12-14,16,21H,7,9-11H2,1-4H3,(H2,19,20,22)/t12-,13+,14+,16-/m1/s1. The summed E-state index contributed by atoms with van der Waals surface area (Å²) in [6.07, 6.45) is 2.34. The number of amides is 2. The van der Waals surface area contributed by atoms with E-state index in [9.17, 15) is 9.90 Å². The molecular formula is C18H30N2O4. The third-order valence-electron chi connectivity index (χ3n) is 4.42. The van der Waals surface area contributed by atoms with E-state index in [0.717, 1.165) is 13.0 Å². The number of carbonyl (C=O) groups is 1. The number of rotatable bonds is 6. The Morgan fingerprint density at radius 3 is 2.83 bits per heavy atom. The molecule has 1 aromatic rings. The van der Waals surface area contributed by atoms with Crippen LogP contribution in [0.25, 0.3) is 0 Å². The highest BCUT2D eigenvalue weighted by molar-refractivity contribution is 5.74. The molecule has 0 radical (unpaired) electrons. The Bertz CT molecular complexity index is 510. The highest BCUT2D eigenvalue weighted by Gasteiger charge is 2.37. The van der Waals surface area contributed by atoms with Gasteiger partial charge in [0.25, 0.3) is 0 Å². The molecule has 6 nitrogen and oxygen atoms in total. The molecule has 4 atom stereocenters. The van der Waals surface area contributed by atoms with Crippen molar-refractivity contribution >= 4 is 6.03 Å². The highest BCUT2D eigenvalue weighted by atomic mass is 16.5. The molecule has 24 heavy (non-hydrogen) atoms. The number of carbonyl (C=O) groups excluding carboxylic acids is 1. The Morgan fingerprint density at radius 1 is 1.46 bits per heavy atom. The van der Waals surface area contributed by atoms with Crippen LogP contribution in [0.1, 0.15) is 52.4 Å². The molecule has 3 N–H and O–H groups in total. The van der Waals surface area contributed by atoms with Crippen LogP contribution in [-0.4, -0.2) is 36.4 Å². The van der Waals surface area contributed by atoms with Crippen LogP contribution in [0.4, 0.5) is 4.79 Å². The number of ether oxygens (including phenoxy) is 1. The van der Waals surface area contributed by atoms with Crippen LogP contribution >= 0.6 is 0 Å². The van der Waals surface area contributed by atoms with Gasteiger partial charge in [-0.15, -0.1) is 0 Å². The van der Waals surface area contributed by atoms with Gasteiger partial charge in [0, 0.05) is 31.5 Å². The molecule has 6 heteroatoms. The quantitative estimate of drug-likeness (QED) is 0.745. The summed E-state index contributed by atoms with van der Waals surface area (Å²) < 4.78 is 11.0. The van der Waals surface area contributed by atoms with Crippen molar-refractivity contribution < 1.29 is 19.1 Å². The number of furan rings is 1. The Kier molecular flexibility index (Phi) is 6.29. The topological polar surface area (TPSA) is 83.7 Å². The third kappa shape index (κ3) is 5.24. The molecule has 0 unspecified atom stereocenters. The first kappa shape index (κ1) is 18.8. The minimum Gasteiger partial charge on any atom is -0.467 e. The Labute approximate surface area is 143 Å². The first-order valence-corrected chi connectivity index (χ1v) is 8.65. The number of aliphatic hydroxyl groups excluding tert-OH is 1. The van der Waals surface area contributed by atoms with Crippen molar-refractivity contribution in [2.45, 2.75) is 58.8 Å². The summed E-state index contributed by atoms with van der Waals surface area (Å²) >= 11 is 0. The van der Waals surface area contributed by atoms with Gasteiger partial charge in [0.1, 0.15) is 11.9 Å². The maximum Gasteiger partial charge on any atom is 0.315 e. The van der Waals surface area contributed by atoms with E-state index in [-0.39, 0.29) is 23.6 Å². The van der Waals surface area contributed by atoms with Crippen LogP contribution < -0.4 is 10.6 Å². The Balaban J connectivity index is 1.73. The van der Waals surface area contributed by atoms with E-state index in [4.69, 9.17) is 9.15 Å². The molecule has 1 saturated heterocycles. The van der Waals surface area contributed by atoms with E-state index in [1.165, 1.54) is 6.26 Å². The first-order chi connectivity index (χ1) is 11.3. The lowest BCUT2D eigenvalue weighted by Gasteiger charge is -2.31. The van der Waals surface area contributed by atoms with E-state index in [1.807, 2.05) is 6.92 Å². The fraction of sp³-hybridized carbons (Fsp3) is 0.722. The van der Waals surface area contributed by atoms with Gasteiger partial charge in [-0.25, -0.2) is 4.79 Å². The molecule has 1 aliphatic heterocycles. The van der Waals surface area contributed by atoms with Gasteiger partial charge >= 0.3 is 6.03 Å². The second-order valence-electron chi connectivity index (χ2n) is 7.73. The lowest BCUT2D eigenvalue weighted by Crippen LogP contribution is -2.45. The first-order valence-electron chi connectivity index (χ1n) is 8.65. The monoisotopic (exact) mass is 338 g/mol. The number of nitrogens with one attached hydrogen (secondary N) is 2. The highest BCUT2D eigenvalue weighted by Crippen LogP contribution is 2.34. The zero-order chi connectivity index (χ0) is 17.7. The molecule has 0 bridgehead atoms. The summed E-state index contributed by atoms with van der Waals surface area (Å²) in [5, 5.41) is 15.8. The molecular weight excluding hydrogens is 308 g/mol. The number of urea groups is 1. The smallest absolute Gasteiger partial charge is 0.315 e. The van der Waals surface area contributed by atoms with Crippen molar-refractivity contribution in [3.05, 3.63) is 24.2 Å². The van der Waals surface area contributed by atoms with Gasteiger partial charge in [-0.1, -0.05) is 20.8 Å². The zero-order valence-electron chi connectivity index (χ0n) is 15.0. The molecule has 2 rings (SSSR count). The van der Waals surface area contributed by atoms with Gasteiger partial charge in [-0.2, -0.15) is 0 Å². The van der Waals surface area contributed by atoms with E-state index < -0.39 is 6.10 Å². The summed E-state index contributed by atoms with van der Waals surface area (Å²) in [6, 6.07) is 3.08. The van der Waals surface area contributed by atoms with Gasteiger partial charge in [-0.3, -0.25) is 0 Å². The van der Waals surface area contributed by atoms with Gasteiger partial charge in [-0.05, 0) is 30.9 Å². The predicted octanol–water partition coefficient (Wildman–Crippen LogP) is 2.84. The minimum atomic E-state index is -0.719. The predicted molar refractivity (Wildman–Crippen MR) is 91.6 cm³/mol. The van der Waals surface area contributed by atoms with Crippen molar-refractivity contribution in [2.24, 2.45) is 11.3 Å². The molecule has 2 heterocycles. The maximum absolute atomic E-state index is 12.1. The van der Waals surface area contributed by atoms with Crippen LogP contribution in [0.5, 0.6) is 0 Å². The summed E-state index contributed by atoms with van der Waals surface area (Å²) in [5.41, 5.74) is 0.0692. The third-order valence-corrected chi connectivity index (χ3v) is 4.42. The molecule has 0 aromatic carbocycles. The molecule has 1 aliphatic rings. The summed E-state index contributed by atoms with van der Waals surface area (Å²) in [4.78, 5) is 12.1. The lowest BCUT2D eigenvalue weighted by molar-refractivity contribution is 0.00773. The Hall–Kier alpha value is -1.53. The molecule has 0 saturated carbocycles. The summed E-state index contributed by atoms with van der Waals surface area (Å²) in [5.74, 6) is 0.847. The van der Waals surface area contributed by atoms with Crippen LogP contribution in [0.3, 0.4) is 0 Å². The fourth-order valence-electron chi connectivity index (χ4n) is 3.29.